The van der Waals surface area contributed by atoms with Gasteiger partial charge in [-0.15, -0.1) is 0 Å². The number of carbonyl (C=O) groups excluding carboxylic acids is 2. The standard InChI is InChI=1S/C20H29NO7/c1-25-10-13-28-20(24)18(22)17-8-4-5-9-26-11-12-27-14-15-6-2-3-7-16(15)19(23)21-17/h2-3,6-7,17-18,22H,4-5,8-14H2,1H3,(H,21,23)/t17-,18?/m0/s1. The predicted octanol–water partition coefficient (Wildman–Crippen LogP) is 1.05. The van der Waals surface area contributed by atoms with Crippen molar-refractivity contribution in [3.63, 3.8) is 0 Å². The highest BCUT2D eigenvalue weighted by molar-refractivity contribution is 5.96. The van der Waals surface area contributed by atoms with Gasteiger partial charge in [0, 0.05) is 19.3 Å². The minimum absolute atomic E-state index is 0.0427. The maximum atomic E-state index is 12.8. The largest absolute Gasteiger partial charge is 0.461 e. The van der Waals surface area contributed by atoms with Gasteiger partial charge in [0.25, 0.3) is 5.91 Å². The number of hydrogen-bond acceptors (Lipinski definition) is 7. The van der Waals surface area contributed by atoms with Crippen LogP contribution < -0.4 is 5.32 Å². The highest BCUT2D eigenvalue weighted by Crippen LogP contribution is 2.14. The summed E-state index contributed by atoms with van der Waals surface area (Å²) in [7, 11) is 1.49. The minimum atomic E-state index is -1.46. The first-order valence-electron chi connectivity index (χ1n) is 9.51. The monoisotopic (exact) mass is 395 g/mol. The van der Waals surface area contributed by atoms with Crippen LogP contribution in [-0.4, -0.2) is 69.3 Å². The molecule has 0 saturated heterocycles. The lowest BCUT2D eigenvalue weighted by Crippen LogP contribution is -2.48. The molecule has 1 amide bonds. The number of methoxy groups -OCH3 is 1. The fraction of sp³-hybridized carbons (Fsp3) is 0.600. The Kier molecular flexibility index (Phi) is 9.92. The van der Waals surface area contributed by atoms with Crippen LogP contribution in [0.4, 0.5) is 0 Å². The van der Waals surface area contributed by atoms with Gasteiger partial charge in [-0.25, -0.2) is 4.79 Å². The van der Waals surface area contributed by atoms with E-state index in [1.54, 1.807) is 12.1 Å². The molecular formula is C20H29NO7. The third kappa shape index (κ3) is 7.20. The number of aliphatic hydroxyl groups is 1. The van der Waals surface area contributed by atoms with E-state index in [-0.39, 0.29) is 25.7 Å². The van der Waals surface area contributed by atoms with Gasteiger partial charge in [0.1, 0.15) is 6.61 Å². The molecule has 8 heteroatoms. The first kappa shape index (κ1) is 22.3. The molecule has 1 unspecified atom stereocenters. The van der Waals surface area contributed by atoms with Gasteiger partial charge in [-0.2, -0.15) is 0 Å². The molecular weight excluding hydrogens is 366 g/mol. The Hall–Kier alpha value is -2.00. The van der Waals surface area contributed by atoms with Crippen LogP contribution in [0.1, 0.15) is 35.2 Å². The first-order chi connectivity index (χ1) is 13.6. The van der Waals surface area contributed by atoms with Crippen LogP contribution >= 0.6 is 0 Å². The number of hydrogen-bond donors (Lipinski definition) is 2. The van der Waals surface area contributed by atoms with Crippen LogP contribution in [0, 0.1) is 0 Å². The van der Waals surface area contributed by atoms with Crippen LogP contribution in [-0.2, 0) is 30.3 Å². The molecule has 8 nitrogen and oxygen atoms in total. The van der Waals surface area contributed by atoms with E-state index >= 15 is 0 Å². The third-order valence-electron chi connectivity index (χ3n) is 4.42. The summed E-state index contributed by atoms with van der Waals surface area (Å²) in [5.74, 6) is -1.14. The van der Waals surface area contributed by atoms with Crippen molar-refractivity contribution in [3.8, 4) is 0 Å². The van der Waals surface area contributed by atoms with Crippen molar-refractivity contribution in [3.05, 3.63) is 35.4 Å². The Morgan fingerprint density at radius 1 is 1.21 bits per heavy atom. The number of amides is 1. The van der Waals surface area contributed by atoms with E-state index in [1.165, 1.54) is 7.11 Å². The summed E-state index contributed by atoms with van der Waals surface area (Å²) in [6.45, 7) is 2.03. The molecule has 156 valence electrons. The molecule has 0 fully saturated rings. The number of ether oxygens (including phenoxy) is 4. The molecule has 0 aromatic heterocycles. The van der Waals surface area contributed by atoms with Crippen molar-refractivity contribution >= 4 is 11.9 Å². The third-order valence-corrected chi connectivity index (χ3v) is 4.42. The average molecular weight is 395 g/mol. The van der Waals surface area contributed by atoms with Gasteiger partial charge < -0.3 is 29.4 Å². The van der Waals surface area contributed by atoms with Gasteiger partial charge >= 0.3 is 5.97 Å². The van der Waals surface area contributed by atoms with Crippen molar-refractivity contribution < 1.29 is 33.6 Å². The molecule has 0 bridgehead atoms. The lowest BCUT2D eigenvalue weighted by atomic mass is 10.0. The normalized spacial score (nSPS) is 20.4. The second-order valence-electron chi connectivity index (χ2n) is 6.50. The Balaban J connectivity index is 2.12. The van der Waals surface area contributed by atoms with Crippen molar-refractivity contribution in [1.29, 1.82) is 0 Å². The Morgan fingerprint density at radius 3 is 2.82 bits per heavy atom. The Morgan fingerprint density at radius 2 is 2.00 bits per heavy atom. The molecule has 0 saturated carbocycles. The number of esters is 1. The molecule has 2 rings (SSSR count). The summed E-state index contributed by atoms with van der Waals surface area (Å²) in [5.41, 5.74) is 1.18. The summed E-state index contributed by atoms with van der Waals surface area (Å²) in [6, 6.07) is 6.33. The van der Waals surface area contributed by atoms with E-state index in [9.17, 15) is 14.7 Å². The van der Waals surface area contributed by atoms with Crippen molar-refractivity contribution in [2.45, 2.75) is 38.0 Å². The summed E-state index contributed by atoms with van der Waals surface area (Å²) >= 11 is 0. The van der Waals surface area contributed by atoms with E-state index in [4.69, 9.17) is 18.9 Å². The van der Waals surface area contributed by atoms with E-state index in [0.29, 0.717) is 38.2 Å². The van der Waals surface area contributed by atoms with Crippen LogP contribution in [0.3, 0.4) is 0 Å². The van der Waals surface area contributed by atoms with Gasteiger partial charge in [-0.1, -0.05) is 18.2 Å². The Bertz CT molecular complexity index is 622. The van der Waals surface area contributed by atoms with Crippen LogP contribution in [0.25, 0.3) is 0 Å². The second-order valence-corrected chi connectivity index (χ2v) is 6.50. The molecule has 2 N–H and O–H groups in total. The highest BCUT2D eigenvalue weighted by Gasteiger charge is 2.29. The lowest BCUT2D eigenvalue weighted by Gasteiger charge is -2.24. The van der Waals surface area contributed by atoms with Gasteiger partial charge in [0.15, 0.2) is 6.10 Å². The quantitative estimate of drug-likeness (QED) is 0.567. The number of carbonyl (C=O) groups is 2. The van der Waals surface area contributed by atoms with Crippen LogP contribution in [0.15, 0.2) is 24.3 Å². The number of fused-ring (bicyclic) bond motifs is 1. The zero-order chi connectivity index (χ0) is 20.2. The fourth-order valence-electron chi connectivity index (χ4n) is 2.87. The van der Waals surface area contributed by atoms with Crippen molar-refractivity contribution in [1.82, 2.24) is 5.32 Å². The zero-order valence-corrected chi connectivity index (χ0v) is 16.2. The fourth-order valence-corrected chi connectivity index (χ4v) is 2.87. The summed E-state index contributed by atoms with van der Waals surface area (Å²) in [6.07, 6.45) is 0.386. The first-order valence-corrected chi connectivity index (χ1v) is 9.51. The smallest absolute Gasteiger partial charge is 0.337 e. The lowest BCUT2D eigenvalue weighted by molar-refractivity contribution is -0.156. The molecule has 0 aliphatic carbocycles. The number of rotatable bonds is 5. The van der Waals surface area contributed by atoms with E-state index < -0.39 is 18.1 Å². The Labute approximate surface area is 165 Å². The topological polar surface area (TPSA) is 103 Å². The molecule has 28 heavy (non-hydrogen) atoms. The summed E-state index contributed by atoms with van der Waals surface area (Å²) < 4.78 is 20.9. The molecule has 0 radical (unpaired) electrons. The molecule has 1 aliphatic heterocycles. The van der Waals surface area contributed by atoms with Gasteiger partial charge in [-0.05, 0) is 30.9 Å². The van der Waals surface area contributed by atoms with Crippen LogP contribution in [0.5, 0.6) is 0 Å². The van der Waals surface area contributed by atoms with Crippen molar-refractivity contribution in [2.24, 2.45) is 0 Å². The minimum Gasteiger partial charge on any atom is -0.461 e. The molecule has 0 spiro atoms. The van der Waals surface area contributed by atoms with Crippen molar-refractivity contribution in [2.75, 3.05) is 40.1 Å². The van der Waals surface area contributed by atoms with Crippen LogP contribution in [0.2, 0.25) is 0 Å². The molecule has 2 atom stereocenters. The molecule has 1 heterocycles. The van der Waals surface area contributed by atoms with E-state index in [2.05, 4.69) is 5.32 Å². The van der Waals surface area contributed by atoms with E-state index in [0.717, 1.165) is 12.0 Å². The van der Waals surface area contributed by atoms with Gasteiger partial charge in [0.2, 0.25) is 0 Å². The number of benzene rings is 1. The SMILES string of the molecule is COCCOC(=O)C(O)[C@@H]1CCCCOCCOCc2ccccc2C(=O)N1. The highest BCUT2D eigenvalue weighted by atomic mass is 16.6. The predicted molar refractivity (Wildman–Crippen MR) is 101 cm³/mol. The van der Waals surface area contributed by atoms with Gasteiger partial charge in [-0.3, -0.25) is 4.79 Å². The average Bonchev–Trinajstić information content (AvgIpc) is 2.71. The zero-order valence-electron chi connectivity index (χ0n) is 16.2. The maximum Gasteiger partial charge on any atom is 0.337 e. The van der Waals surface area contributed by atoms with E-state index in [1.807, 2.05) is 12.1 Å². The maximum absolute atomic E-state index is 12.8. The second kappa shape index (κ2) is 12.5. The summed E-state index contributed by atoms with van der Waals surface area (Å²) in [5, 5.41) is 13.2. The molecule has 1 aromatic rings. The molecule has 1 aromatic carbocycles. The van der Waals surface area contributed by atoms with Gasteiger partial charge in [0.05, 0.1) is 32.5 Å². The summed E-state index contributed by atoms with van der Waals surface area (Å²) in [4.78, 5) is 24.9. The number of aliphatic hydroxyl groups excluding tert-OH is 1. The number of nitrogens with one attached hydrogen (secondary N) is 1. The molecule has 1 aliphatic rings.